The van der Waals surface area contributed by atoms with Gasteiger partial charge in [-0.2, -0.15) is 0 Å². The smallest absolute Gasteiger partial charge is 0.414 e. The fourth-order valence-electron chi connectivity index (χ4n) is 3.57. The summed E-state index contributed by atoms with van der Waals surface area (Å²) in [6.45, 7) is 4.43. The Bertz CT molecular complexity index is 1110. The predicted molar refractivity (Wildman–Crippen MR) is 108 cm³/mol. The maximum Gasteiger partial charge on any atom is 0.414 e. The van der Waals surface area contributed by atoms with Crippen LogP contribution in [0.3, 0.4) is 0 Å². The Balaban J connectivity index is 1.61. The van der Waals surface area contributed by atoms with Gasteiger partial charge in [0, 0.05) is 22.8 Å². The van der Waals surface area contributed by atoms with Crippen LogP contribution in [0.4, 0.5) is 20.6 Å². The SMILES string of the molecule is Cc1cc(C(=O)Nc2cccc(N3CCOC3=O)c2)c(C)n1-c1ccccc1F. The molecule has 2 aromatic carbocycles. The second-order valence-corrected chi connectivity index (χ2v) is 6.84. The van der Waals surface area contributed by atoms with E-state index >= 15 is 0 Å². The maximum atomic E-state index is 14.3. The van der Waals surface area contributed by atoms with E-state index in [-0.39, 0.29) is 11.7 Å². The zero-order valence-corrected chi connectivity index (χ0v) is 16.1. The first-order chi connectivity index (χ1) is 14.0. The first-order valence-electron chi connectivity index (χ1n) is 9.25. The Morgan fingerprint density at radius 2 is 1.90 bits per heavy atom. The molecular weight excluding hydrogens is 373 g/mol. The van der Waals surface area contributed by atoms with Gasteiger partial charge < -0.3 is 14.6 Å². The van der Waals surface area contributed by atoms with Gasteiger partial charge in [-0.25, -0.2) is 9.18 Å². The fourth-order valence-corrected chi connectivity index (χ4v) is 3.57. The number of nitrogens with zero attached hydrogens (tertiary/aromatic N) is 2. The molecule has 0 atom stereocenters. The van der Waals surface area contributed by atoms with Gasteiger partial charge in [0.1, 0.15) is 12.4 Å². The van der Waals surface area contributed by atoms with Gasteiger partial charge in [0.2, 0.25) is 0 Å². The van der Waals surface area contributed by atoms with E-state index < -0.39 is 6.09 Å². The summed E-state index contributed by atoms with van der Waals surface area (Å²) in [5, 5.41) is 2.86. The molecule has 148 valence electrons. The second kappa shape index (κ2) is 7.43. The number of benzene rings is 2. The quantitative estimate of drug-likeness (QED) is 0.713. The van der Waals surface area contributed by atoms with Gasteiger partial charge in [-0.05, 0) is 50.2 Å². The first-order valence-corrected chi connectivity index (χ1v) is 9.25. The molecule has 1 fully saturated rings. The zero-order chi connectivity index (χ0) is 20.5. The Morgan fingerprint density at radius 1 is 1.10 bits per heavy atom. The van der Waals surface area contributed by atoms with E-state index in [4.69, 9.17) is 4.74 Å². The van der Waals surface area contributed by atoms with Gasteiger partial charge in [0.25, 0.3) is 5.91 Å². The molecule has 2 heterocycles. The summed E-state index contributed by atoms with van der Waals surface area (Å²) in [5.41, 5.74) is 3.47. The number of nitrogens with one attached hydrogen (secondary N) is 1. The van der Waals surface area contributed by atoms with Crippen molar-refractivity contribution in [2.75, 3.05) is 23.4 Å². The molecule has 0 spiro atoms. The third-order valence-electron chi connectivity index (χ3n) is 4.95. The van der Waals surface area contributed by atoms with Crippen LogP contribution < -0.4 is 10.2 Å². The molecule has 0 unspecified atom stereocenters. The van der Waals surface area contributed by atoms with E-state index in [0.29, 0.717) is 41.5 Å². The summed E-state index contributed by atoms with van der Waals surface area (Å²) in [6.07, 6.45) is -0.401. The van der Waals surface area contributed by atoms with Crippen molar-refractivity contribution >= 4 is 23.4 Å². The summed E-state index contributed by atoms with van der Waals surface area (Å²) >= 11 is 0. The zero-order valence-electron chi connectivity index (χ0n) is 16.1. The molecule has 0 aliphatic carbocycles. The highest BCUT2D eigenvalue weighted by Gasteiger charge is 2.24. The Kier molecular flexibility index (Phi) is 4.80. The molecule has 1 saturated heterocycles. The lowest BCUT2D eigenvalue weighted by atomic mass is 10.2. The Hall–Kier alpha value is -3.61. The largest absolute Gasteiger partial charge is 0.447 e. The highest BCUT2D eigenvalue weighted by molar-refractivity contribution is 6.06. The number of anilines is 2. The minimum absolute atomic E-state index is 0.304. The lowest BCUT2D eigenvalue weighted by molar-refractivity contribution is 0.102. The summed E-state index contributed by atoms with van der Waals surface area (Å²) in [6, 6.07) is 15.2. The number of amides is 2. The molecule has 3 aromatic rings. The van der Waals surface area contributed by atoms with Crippen LogP contribution >= 0.6 is 0 Å². The third kappa shape index (κ3) is 3.47. The second-order valence-electron chi connectivity index (χ2n) is 6.84. The maximum absolute atomic E-state index is 14.3. The van der Waals surface area contributed by atoms with E-state index in [1.807, 2.05) is 6.92 Å². The van der Waals surface area contributed by atoms with Gasteiger partial charge in [0.15, 0.2) is 0 Å². The number of carbonyl (C=O) groups is 2. The topological polar surface area (TPSA) is 63.6 Å². The number of para-hydroxylation sites is 1. The van der Waals surface area contributed by atoms with E-state index in [0.717, 1.165) is 5.69 Å². The van der Waals surface area contributed by atoms with E-state index in [1.54, 1.807) is 60.0 Å². The number of halogens is 1. The molecule has 29 heavy (non-hydrogen) atoms. The molecular formula is C22H20FN3O3. The summed E-state index contributed by atoms with van der Waals surface area (Å²) in [5.74, 6) is -0.659. The van der Waals surface area contributed by atoms with Crippen LogP contribution in [0.25, 0.3) is 5.69 Å². The van der Waals surface area contributed by atoms with Crippen molar-refractivity contribution < 1.29 is 18.7 Å². The molecule has 2 amide bonds. The van der Waals surface area contributed by atoms with Crippen molar-refractivity contribution in [3.05, 3.63) is 77.4 Å². The Labute approximate surface area is 167 Å². The van der Waals surface area contributed by atoms with Crippen LogP contribution in [0, 0.1) is 19.7 Å². The predicted octanol–water partition coefficient (Wildman–Crippen LogP) is 4.44. The van der Waals surface area contributed by atoms with E-state index in [2.05, 4.69) is 5.32 Å². The van der Waals surface area contributed by atoms with Crippen LogP contribution in [0.1, 0.15) is 21.7 Å². The van der Waals surface area contributed by atoms with Gasteiger partial charge >= 0.3 is 6.09 Å². The number of aromatic nitrogens is 1. The van der Waals surface area contributed by atoms with Crippen molar-refractivity contribution in [1.29, 1.82) is 0 Å². The monoisotopic (exact) mass is 393 g/mol. The molecule has 0 bridgehead atoms. The van der Waals surface area contributed by atoms with Gasteiger partial charge in [-0.1, -0.05) is 18.2 Å². The average molecular weight is 393 g/mol. The lowest BCUT2D eigenvalue weighted by Gasteiger charge is -2.14. The van der Waals surface area contributed by atoms with Crippen LogP contribution in [-0.4, -0.2) is 29.7 Å². The number of carbonyl (C=O) groups excluding carboxylic acids is 2. The van der Waals surface area contributed by atoms with Crippen LogP contribution in [0.15, 0.2) is 54.6 Å². The average Bonchev–Trinajstić information content (AvgIpc) is 3.25. The summed E-state index contributed by atoms with van der Waals surface area (Å²) < 4.78 is 20.9. The number of hydrogen-bond donors (Lipinski definition) is 1. The lowest BCUT2D eigenvalue weighted by Crippen LogP contribution is -2.23. The molecule has 1 N–H and O–H groups in total. The summed E-state index contributed by atoms with van der Waals surface area (Å²) in [4.78, 5) is 26.2. The highest BCUT2D eigenvalue weighted by Crippen LogP contribution is 2.25. The molecule has 1 aromatic heterocycles. The summed E-state index contributed by atoms with van der Waals surface area (Å²) in [7, 11) is 0. The minimum Gasteiger partial charge on any atom is -0.447 e. The third-order valence-corrected chi connectivity index (χ3v) is 4.95. The fraction of sp³-hybridized carbons (Fsp3) is 0.182. The van der Waals surface area contributed by atoms with Gasteiger partial charge in [-0.3, -0.25) is 9.69 Å². The highest BCUT2D eigenvalue weighted by atomic mass is 19.1. The van der Waals surface area contributed by atoms with Crippen LogP contribution in [-0.2, 0) is 4.74 Å². The molecule has 1 aliphatic heterocycles. The van der Waals surface area contributed by atoms with Crippen molar-refractivity contribution in [3.8, 4) is 5.69 Å². The van der Waals surface area contributed by atoms with Crippen LogP contribution in [0.2, 0.25) is 0 Å². The Morgan fingerprint density at radius 3 is 2.62 bits per heavy atom. The normalized spacial score (nSPS) is 13.5. The van der Waals surface area contributed by atoms with E-state index in [9.17, 15) is 14.0 Å². The molecule has 4 rings (SSSR count). The van der Waals surface area contributed by atoms with Crippen molar-refractivity contribution in [2.24, 2.45) is 0 Å². The number of cyclic esters (lactones) is 1. The molecule has 6 nitrogen and oxygen atoms in total. The molecule has 1 aliphatic rings. The molecule has 0 radical (unpaired) electrons. The number of aryl methyl sites for hydroxylation is 1. The first kappa shape index (κ1) is 18.7. The number of hydrogen-bond acceptors (Lipinski definition) is 3. The molecule has 7 heteroatoms. The van der Waals surface area contributed by atoms with Crippen LogP contribution in [0.5, 0.6) is 0 Å². The van der Waals surface area contributed by atoms with Gasteiger partial charge in [0.05, 0.1) is 17.8 Å². The number of ether oxygens (including phenoxy) is 1. The van der Waals surface area contributed by atoms with Gasteiger partial charge in [-0.15, -0.1) is 0 Å². The van der Waals surface area contributed by atoms with Crippen molar-refractivity contribution in [1.82, 2.24) is 4.57 Å². The number of rotatable bonds is 4. The van der Waals surface area contributed by atoms with Crippen molar-refractivity contribution in [2.45, 2.75) is 13.8 Å². The standard InChI is InChI=1S/C22H20FN3O3/c1-14-12-18(15(2)26(14)20-9-4-3-8-19(20)23)21(27)24-16-6-5-7-17(13-16)25-10-11-29-22(25)28/h3-9,12-13H,10-11H2,1-2H3,(H,24,27). The van der Waals surface area contributed by atoms with Crippen molar-refractivity contribution in [3.63, 3.8) is 0 Å². The van der Waals surface area contributed by atoms with E-state index in [1.165, 1.54) is 11.0 Å². The minimum atomic E-state index is -0.401. The molecule has 0 saturated carbocycles.